The number of benzene rings is 1. The quantitative estimate of drug-likeness (QED) is 0.869. The van der Waals surface area contributed by atoms with Gasteiger partial charge in [-0.1, -0.05) is 13.0 Å². The van der Waals surface area contributed by atoms with Crippen LogP contribution in [-0.4, -0.2) is 7.05 Å². The van der Waals surface area contributed by atoms with E-state index in [4.69, 9.17) is 4.74 Å². The molecule has 0 unspecified atom stereocenters. The summed E-state index contributed by atoms with van der Waals surface area (Å²) in [5.74, 6) is 0.00585. The van der Waals surface area contributed by atoms with Crippen LogP contribution >= 0.6 is 11.3 Å². The van der Waals surface area contributed by atoms with E-state index in [1.54, 1.807) is 17.4 Å². The van der Waals surface area contributed by atoms with Crippen LogP contribution in [0.4, 0.5) is 4.39 Å². The van der Waals surface area contributed by atoms with Crippen LogP contribution in [-0.2, 0) is 19.6 Å². The summed E-state index contributed by atoms with van der Waals surface area (Å²) in [4.78, 5) is 2.44. The van der Waals surface area contributed by atoms with Crippen LogP contribution in [0.25, 0.3) is 0 Å². The summed E-state index contributed by atoms with van der Waals surface area (Å²) in [5, 5.41) is 2.99. The van der Waals surface area contributed by atoms with Gasteiger partial charge in [0.2, 0.25) is 0 Å². The molecule has 0 spiro atoms. The highest BCUT2D eigenvalue weighted by Crippen LogP contribution is 2.22. The van der Waals surface area contributed by atoms with E-state index in [0.29, 0.717) is 18.9 Å². The fourth-order valence-corrected chi connectivity index (χ4v) is 2.69. The smallest absolute Gasteiger partial charge is 0.165 e. The standard InChI is InChI=1S/C15H18FNOS/c1-3-12-5-6-13(19-12)10-18-15-7-4-11(9-17-2)8-14(15)16/h4-8,17H,3,9-10H2,1-2H3. The van der Waals surface area contributed by atoms with Gasteiger partial charge in [0, 0.05) is 16.3 Å². The molecule has 1 aromatic carbocycles. The third-order valence-corrected chi connectivity index (χ3v) is 4.02. The van der Waals surface area contributed by atoms with Gasteiger partial charge in [-0.2, -0.15) is 0 Å². The molecule has 2 nitrogen and oxygen atoms in total. The van der Waals surface area contributed by atoms with Gasteiger partial charge in [-0.15, -0.1) is 11.3 Å². The molecule has 1 aromatic heterocycles. The maximum absolute atomic E-state index is 13.8. The first-order valence-corrected chi connectivity index (χ1v) is 7.18. The van der Waals surface area contributed by atoms with E-state index < -0.39 is 0 Å². The summed E-state index contributed by atoms with van der Waals surface area (Å²) in [6.45, 7) is 3.20. The number of thiophene rings is 1. The van der Waals surface area contributed by atoms with Crippen molar-refractivity contribution in [3.63, 3.8) is 0 Å². The zero-order valence-electron chi connectivity index (χ0n) is 11.2. The second-order valence-corrected chi connectivity index (χ2v) is 5.56. The molecule has 0 saturated carbocycles. The molecule has 19 heavy (non-hydrogen) atoms. The zero-order valence-corrected chi connectivity index (χ0v) is 12.0. The lowest BCUT2D eigenvalue weighted by molar-refractivity contribution is 0.293. The molecule has 2 aromatic rings. The van der Waals surface area contributed by atoms with Crippen LogP contribution in [0.15, 0.2) is 30.3 Å². The Labute approximate surface area is 117 Å². The SMILES string of the molecule is CCc1ccc(COc2ccc(CNC)cc2F)s1. The second kappa shape index (κ2) is 6.68. The van der Waals surface area contributed by atoms with E-state index in [9.17, 15) is 4.39 Å². The average molecular weight is 279 g/mol. The Balaban J connectivity index is 1.99. The molecule has 102 valence electrons. The predicted molar refractivity (Wildman–Crippen MR) is 77.2 cm³/mol. The molecule has 0 aliphatic carbocycles. The fourth-order valence-electron chi connectivity index (χ4n) is 1.81. The van der Waals surface area contributed by atoms with Gasteiger partial charge in [0.05, 0.1) is 0 Å². The van der Waals surface area contributed by atoms with Crippen molar-refractivity contribution in [1.29, 1.82) is 0 Å². The van der Waals surface area contributed by atoms with Gasteiger partial charge >= 0.3 is 0 Å². The first kappa shape index (κ1) is 14.0. The number of rotatable bonds is 6. The first-order chi connectivity index (χ1) is 9.22. The third-order valence-electron chi connectivity index (χ3n) is 2.81. The van der Waals surface area contributed by atoms with Crippen molar-refractivity contribution in [3.05, 3.63) is 51.5 Å². The second-order valence-electron chi connectivity index (χ2n) is 4.31. The lowest BCUT2D eigenvalue weighted by atomic mass is 10.2. The highest BCUT2D eigenvalue weighted by atomic mass is 32.1. The van der Waals surface area contributed by atoms with Crippen molar-refractivity contribution in [3.8, 4) is 5.75 Å². The van der Waals surface area contributed by atoms with Gasteiger partial charge in [0.15, 0.2) is 11.6 Å². The van der Waals surface area contributed by atoms with Gasteiger partial charge in [-0.25, -0.2) is 4.39 Å². The Kier molecular flexibility index (Phi) is 4.93. The predicted octanol–water partition coefficient (Wildman–Crippen LogP) is 3.75. The normalized spacial score (nSPS) is 10.7. The molecule has 1 N–H and O–H groups in total. The molecule has 0 saturated heterocycles. The number of halogens is 1. The summed E-state index contributed by atoms with van der Waals surface area (Å²) in [7, 11) is 1.84. The Bertz CT molecular complexity index is 539. The first-order valence-electron chi connectivity index (χ1n) is 6.36. The highest BCUT2D eigenvalue weighted by molar-refractivity contribution is 7.11. The summed E-state index contributed by atoms with van der Waals surface area (Å²) in [6.07, 6.45) is 1.03. The van der Waals surface area contributed by atoms with E-state index in [1.807, 2.05) is 19.2 Å². The molecule has 0 atom stereocenters. The van der Waals surface area contributed by atoms with Crippen molar-refractivity contribution in [2.45, 2.75) is 26.5 Å². The van der Waals surface area contributed by atoms with Crippen LogP contribution < -0.4 is 10.1 Å². The van der Waals surface area contributed by atoms with Crippen molar-refractivity contribution in [1.82, 2.24) is 5.32 Å². The molecule has 0 fully saturated rings. The molecule has 0 bridgehead atoms. The topological polar surface area (TPSA) is 21.3 Å². The maximum atomic E-state index is 13.8. The number of hydrogen-bond donors (Lipinski definition) is 1. The van der Waals surface area contributed by atoms with Crippen molar-refractivity contribution >= 4 is 11.3 Å². The lowest BCUT2D eigenvalue weighted by Crippen LogP contribution is -2.05. The molecule has 2 rings (SSSR count). The van der Waals surface area contributed by atoms with Crippen LogP contribution in [0.5, 0.6) is 5.75 Å². The number of nitrogens with one attached hydrogen (secondary N) is 1. The number of hydrogen-bond acceptors (Lipinski definition) is 3. The summed E-state index contributed by atoms with van der Waals surface area (Å²) < 4.78 is 19.3. The maximum Gasteiger partial charge on any atom is 0.165 e. The van der Waals surface area contributed by atoms with Crippen LogP contribution in [0, 0.1) is 5.82 Å². The van der Waals surface area contributed by atoms with Crippen molar-refractivity contribution < 1.29 is 9.13 Å². The van der Waals surface area contributed by atoms with E-state index >= 15 is 0 Å². The Morgan fingerprint density at radius 1 is 1.21 bits per heavy atom. The summed E-state index contributed by atoms with van der Waals surface area (Å²) in [6, 6.07) is 9.21. The minimum atomic E-state index is -0.306. The summed E-state index contributed by atoms with van der Waals surface area (Å²) >= 11 is 1.71. The molecular formula is C15H18FNOS. The molecule has 0 radical (unpaired) electrons. The molecule has 0 aliphatic rings. The van der Waals surface area contributed by atoms with Crippen LogP contribution in [0.3, 0.4) is 0 Å². The van der Waals surface area contributed by atoms with E-state index in [2.05, 4.69) is 18.3 Å². The zero-order chi connectivity index (χ0) is 13.7. The molecular weight excluding hydrogens is 261 g/mol. The van der Waals surface area contributed by atoms with E-state index in [-0.39, 0.29) is 5.82 Å². The van der Waals surface area contributed by atoms with Crippen LogP contribution in [0.1, 0.15) is 22.2 Å². The summed E-state index contributed by atoms with van der Waals surface area (Å²) in [5.41, 5.74) is 0.914. The van der Waals surface area contributed by atoms with Gasteiger partial charge in [-0.3, -0.25) is 0 Å². The third kappa shape index (κ3) is 3.78. The minimum absolute atomic E-state index is 0.306. The van der Waals surface area contributed by atoms with Crippen molar-refractivity contribution in [2.24, 2.45) is 0 Å². The number of aryl methyl sites for hydroxylation is 1. The van der Waals surface area contributed by atoms with E-state index in [0.717, 1.165) is 16.9 Å². The monoisotopic (exact) mass is 279 g/mol. The fraction of sp³-hybridized carbons (Fsp3) is 0.333. The Morgan fingerprint density at radius 3 is 2.63 bits per heavy atom. The van der Waals surface area contributed by atoms with Gasteiger partial charge in [0.25, 0.3) is 0 Å². The number of ether oxygens (including phenoxy) is 1. The van der Waals surface area contributed by atoms with Gasteiger partial charge < -0.3 is 10.1 Å². The molecule has 0 aliphatic heterocycles. The minimum Gasteiger partial charge on any atom is -0.485 e. The van der Waals surface area contributed by atoms with Crippen LogP contribution in [0.2, 0.25) is 0 Å². The lowest BCUT2D eigenvalue weighted by Gasteiger charge is -2.07. The highest BCUT2D eigenvalue weighted by Gasteiger charge is 2.06. The Morgan fingerprint density at radius 2 is 2.00 bits per heavy atom. The average Bonchev–Trinajstić information content (AvgIpc) is 2.86. The van der Waals surface area contributed by atoms with Gasteiger partial charge in [-0.05, 0) is 43.3 Å². The molecule has 4 heteroatoms. The largest absolute Gasteiger partial charge is 0.485 e. The van der Waals surface area contributed by atoms with Crippen molar-refractivity contribution in [2.75, 3.05) is 7.05 Å². The Hall–Kier alpha value is -1.39. The molecule has 0 amide bonds. The van der Waals surface area contributed by atoms with Gasteiger partial charge in [0.1, 0.15) is 6.61 Å². The molecule has 1 heterocycles. The van der Waals surface area contributed by atoms with E-state index in [1.165, 1.54) is 10.9 Å².